The summed E-state index contributed by atoms with van der Waals surface area (Å²) in [5.41, 5.74) is 0.288. The molecule has 1 aliphatic rings. The molecule has 0 bridgehead atoms. The van der Waals surface area contributed by atoms with Gasteiger partial charge in [0.1, 0.15) is 11.5 Å². The fourth-order valence-corrected chi connectivity index (χ4v) is 4.91. The minimum absolute atomic E-state index is 0.124. The van der Waals surface area contributed by atoms with Crippen molar-refractivity contribution in [3.05, 3.63) is 47.5 Å². The molecule has 168 valence electrons. The van der Waals surface area contributed by atoms with E-state index in [1.165, 1.54) is 16.4 Å². The summed E-state index contributed by atoms with van der Waals surface area (Å²) in [5, 5.41) is 3.28. The highest BCUT2D eigenvalue weighted by Gasteiger charge is 2.27. The molecule has 31 heavy (non-hydrogen) atoms. The maximum Gasteiger partial charge on any atom is 0.262 e. The number of benzene rings is 2. The van der Waals surface area contributed by atoms with Crippen molar-refractivity contribution in [2.45, 2.75) is 44.1 Å². The Kier molecular flexibility index (Phi) is 7.80. The molecular weight excluding hydrogens is 440 g/mol. The Bertz CT molecular complexity index is 1000. The Labute approximate surface area is 188 Å². The van der Waals surface area contributed by atoms with Crippen LogP contribution in [0.3, 0.4) is 0 Å². The Morgan fingerprint density at radius 2 is 1.77 bits per heavy atom. The van der Waals surface area contributed by atoms with Gasteiger partial charge in [0, 0.05) is 18.1 Å². The van der Waals surface area contributed by atoms with Crippen molar-refractivity contribution >= 4 is 33.2 Å². The second-order valence-electron chi connectivity index (χ2n) is 7.58. The van der Waals surface area contributed by atoms with Gasteiger partial charge in [-0.25, -0.2) is 8.42 Å². The van der Waals surface area contributed by atoms with Gasteiger partial charge in [0.25, 0.3) is 5.91 Å². The van der Waals surface area contributed by atoms with Crippen LogP contribution in [0, 0.1) is 0 Å². The van der Waals surface area contributed by atoms with E-state index < -0.39 is 15.9 Å². The lowest BCUT2D eigenvalue weighted by Crippen LogP contribution is -2.35. The smallest absolute Gasteiger partial charge is 0.262 e. The zero-order valence-corrected chi connectivity index (χ0v) is 19.2. The minimum Gasteiger partial charge on any atom is -0.489 e. The summed E-state index contributed by atoms with van der Waals surface area (Å²) < 4.78 is 38.8. The maximum absolute atomic E-state index is 13.0. The quantitative estimate of drug-likeness (QED) is 0.626. The maximum atomic E-state index is 13.0. The minimum atomic E-state index is -3.64. The fourth-order valence-electron chi connectivity index (χ4n) is 3.24. The molecule has 2 aromatic carbocycles. The molecule has 0 aliphatic carbocycles. The van der Waals surface area contributed by atoms with Gasteiger partial charge in [0.05, 0.1) is 16.7 Å². The van der Waals surface area contributed by atoms with Crippen molar-refractivity contribution in [2.24, 2.45) is 0 Å². The highest BCUT2D eigenvalue weighted by atomic mass is 35.5. The van der Waals surface area contributed by atoms with Crippen molar-refractivity contribution in [3.63, 3.8) is 0 Å². The van der Waals surface area contributed by atoms with Crippen LogP contribution in [0.4, 0.5) is 5.69 Å². The van der Waals surface area contributed by atoms with E-state index in [9.17, 15) is 13.2 Å². The number of anilines is 1. The first-order valence-corrected chi connectivity index (χ1v) is 12.1. The third-order valence-corrected chi connectivity index (χ3v) is 6.87. The number of piperidine rings is 1. The molecule has 0 atom stereocenters. The third-order valence-electron chi connectivity index (χ3n) is 4.72. The lowest BCUT2D eigenvalue weighted by molar-refractivity contribution is -0.118. The summed E-state index contributed by atoms with van der Waals surface area (Å²) in [6.07, 6.45) is 2.58. The molecule has 1 aliphatic heterocycles. The molecule has 1 heterocycles. The highest BCUT2D eigenvalue weighted by molar-refractivity contribution is 7.89. The average molecular weight is 467 g/mol. The normalized spacial score (nSPS) is 15.0. The van der Waals surface area contributed by atoms with Crippen molar-refractivity contribution in [1.82, 2.24) is 4.31 Å². The van der Waals surface area contributed by atoms with Gasteiger partial charge in [-0.15, -0.1) is 0 Å². The number of amides is 1. The molecule has 2 aromatic rings. The molecule has 1 saturated heterocycles. The van der Waals surface area contributed by atoms with Crippen LogP contribution in [0.25, 0.3) is 0 Å². The van der Waals surface area contributed by atoms with Gasteiger partial charge in [-0.1, -0.05) is 18.0 Å². The number of sulfonamides is 1. The molecule has 0 saturated carbocycles. The van der Waals surface area contributed by atoms with Crippen molar-refractivity contribution in [1.29, 1.82) is 0 Å². The van der Waals surface area contributed by atoms with Gasteiger partial charge in [-0.05, 0) is 69.2 Å². The van der Waals surface area contributed by atoms with E-state index >= 15 is 0 Å². The van der Waals surface area contributed by atoms with Crippen molar-refractivity contribution in [3.8, 4) is 11.5 Å². The van der Waals surface area contributed by atoms with Gasteiger partial charge < -0.3 is 14.8 Å². The lowest BCUT2D eigenvalue weighted by Gasteiger charge is -2.26. The van der Waals surface area contributed by atoms with E-state index in [-0.39, 0.29) is 23.3 Å². The Morgan fingerprint density at radius 3 is 2.42 bits per heavy atom. The number of nitrogens with zero attached hydrogens (tertiary/aromatic N) is 1. The number of carbonyl (C=O) groups excluding carboxylic acids is 1. The Hall–Kier alpha value is -2.29. The molecule has 0 spiro atoms. The zero-order chi connectivity index (χ0) is 22.4. The standard InChI is InChI=1S/C22H27ClN2O5S/c1-16(2)30-21-11-10-19(31(27,28)25-12-4-3-5-13-25)14-20(21)24-22(26)15-29-18-8-6-17(23)7-9-18/h6-11,14,16H,3-5,12-13,15H2,1-2H3,(H,24,26). The molecule has 7 nitrogen and oxygen atoms in total. The first-order chi connectivity index (χ1) is 14.8. The summed E-state index contributed by atoms with van der Waals surface area (Å²) in [6, 6.07) is 11.2. The van der Waals surface area contributed by atoms with Crippen LogP contribution in [-0.4, -0.2) is 44.4 Å². The summed E-state index contributed by atoms with van der Waals surface area (Å²) in [6.45, 7) is 4.47. The van der Waals surface area contributed by atoms with E-state index in [0.717, 1.165) is 19.3 Å². The first-order valence-electron chi connectivity index (χ1n) is 10.2. The number of hydrogen-bond acceptors (Lipinski definition) is 5. The highest BCUT2D eigenvalue weighted by Crippen LogP contribution is 2.31. The number of rotatable bonds is 8. The topological polar surface area (TPSA) is 84.9 Å². The second-order valence-corrected chi connectivity index (χ2v) is 9.95. The van der Waals surface area contributed by atoms with Gasteiger partial charge >= 0.3 is 0 Å². The third kappa shape index (κ3) is 6.35. The van der Waals surface area contributed by atoms with Crippen LogP contribution in [0.2, 0.25) is 5.02 Å². The number of halogens is 1. The lowest BCUT2D eigenvalue weighted by atomic mass is 10.2. The SMILES string of the molecule is CC(C)Oc1ccc(S(=O)(=O)N2CCCCC2)cc1NC(=O)COc1ccc(Cl)cc1. The van der Waals surface area contributed by atoms with E-state index in [1.54, 1.807) is 30.3 Å². The van der Waals surface area contributed by atoms with Gasteiger partial charge in [-0.3, -0.25) is 4.79 Å². The largest absolute Gasteiger partial charge is 0.489 e. The molecule has 9 heteroatoms. The number of nitrogens with one attached hydrogen (secondary N) is 1. The molecule has 0 aromatic heterocycles. The predicted molar refractivity (Wildman–Crippen MR) is 120 cm³/mol. The summed E-state index contributed by atoms with van der Waals surface area (Å²) >= 11 is 5.85. The number of carbonyl (C=O) groups is 1. The predicted octanol–water partition coefficient (Wildman–Crippen LogP) is 4.32. The molecule has 1 amide bonds. The number of ether oxygens (including phenoxy) is 2. The van der Waals surface area contributed by atoms with Crippen LogP contribution in [0.15, 0.2) is 47.4 Å². The molecule has 0 radical (unpaired) electrons. The monoisotopic (exact) mass is 466 g/mol. The molecule has 3 rings (SSSR count). The van der Waals surface area contributed by atoms with Crippen LogP contribution in [0.5, 0.6) is 11.5 Å². The van der Waals surface area contributed by atoms with Gasteiger partial charge in [-0.2, -0.15) is 4.31 Å². The van der Waals surface area contributed by atoms with Gasteiger partial charge in [0.2, 0.25) is 10.0 Å². The Morgan fingerprint density at radius 1 is 1.10 bits per heavy atom. The van der Waals surface area contributed by atoms with Gasteiger partial charge in [0.15, 0.2) is 6.61 Å². The van der Waals surface area contributed by atoms with Crippen LogP contribution in [0.1, 0.15) is 33.1 Å². The van der Waals surface area contributed by atoms with Crippen LogP contribution < -0.4 is 14.8 Å². The van der Waals surface area contributed by atoms with E-state index in [4.69, 9.17) is 21.1 Å². The van der Waals surface area contributed by atoms with E-state index in [2.05, 4.69) is 5.32 Å². The first kappa shape index (κ1) is 23.4. The molecule has 1 N–H and O–H groups in total. The fraction of sp³-hybridized carbons (Fsp3) is 0.409. The molecule has 0 unspecified atom stereocenters. The molecular formula is C22H27ClN2O5S. The van der Waals surface area contributed by atoms with Crippen LogP contribution >= 0.6 is 11.6 Å². The Balaban J connectivity index is 1.78. The second kappa shape index (κ2) is 10.3. The number of hydrogen-bond donors (Lipinski definition) is 1. The van der Waals surface area contributed by atoms with E-state index in [1.807, 2.05) is 13.8 Å². The molecule has 1 fully saturated rings. The average Bonchev–Trinajstić information content (AvgIpc) is 2.75. The van der Waals surface area contributed by atoms with Crippen molar-refractivity contribution < 1.29 is 22.7 Å². The summed E-state index contributed by atoms with van der Waals surface area (Å²) in [5.74, 6) is 0.461. The van der Waals surface area contributed by atoms with Crippen molar-refractivity contribution in [2.75, 3.05) is 25.0 Å². The van der Waals surface area contributed by atoms with E-state index in [0.29, 0.717) is 29.6 Å². The summed E-state index contributed by atoms with van der Waals surface area (Å²) in [7, 11) is -3.64. The van der Waals surface area contributed by atoms with Crippen LogP contribution in [-0.2, 0) is 14.8 Å². The summed E-state index contributed by atoms with van der Waals surface area (Å²) in [4.78, 5) is 12.6. The zero-order valence-electron chi connectivity index (χ0n) is 17.6.